The van der Waals surface area contributed by atoms with Crippen molar-refractivity contribution in [3.63, 3.8) is 0 Å². The molecule has 2 aromatic heterocycles. The molecular weight excluding hydrogens is 310 g/mol. The van der Waals surface area contributed by atoms with Gasteiger partial charge in [0.25, 0.3) is 0 Å². The zero-order valence-electron chi connectivity index (χ0n) is 12.7. The van der Waals surface area contributed by atoms with Gasteiger partial charge in [0.2, 0.25) is 0 Å². The van der Waals surface area contributed by atoms with Crippen molar-refractivity contribution in [2.45, 2.75) is 18.9 Å². The van der Waals surface area contributed by atoms with E-state index in [1.54, 1.807) is 0 Å². The first kappa shape index (κ1) is 14.5. The minimum atomic E-state index is 0.219. The highest BCUT2D eigenvalue weighted by Gasteiger charge is 2.19. The van der Waals surface area contributed by atoms with Gasteiger partial charge in [-0.15, -0.1) is 5.10 Å². The number of aromatic nitrogens is 3. The fraction of sp³-hybridized carbons (Fsp3) is 0.294. The van der Waals surface area contributed by atoms with Crippen molar-refractivity contribution in [1.82, 2.24) is 14.6 Å². The van der Waals surface area contributed by atoms with Crippen molar-refractivity contribution in [3.8, 4) is 11.3 Å². The lowest BCUT2D eigenvalue weighted by atomic mass is 10.1. The normalized spacial score (nSPS) is 18.5. The Kier molecular flexibility index (Phi) is 3.67. The Morgan fingerprint density at radius 3 is 2.96 bits per heavy atom. The zero-order valence-corrected chi connectivity index (χ0v) is 13.4. The van der Waals surface area contributed by atoms with Gasteiger partial charge in [0.15, 0.2) is 5.65 Å². The summed E-state index contributed by atoms with van der Waals surface area (Å²) in [7, 11) is 0. The number of piperidine rings is 1. The minimum absolute atomic E-state index is 0.219. The number of hydrogen-bond donors (Lipinski definition) is 1. The number of halogens is 1. The van der Waals surface area contributed by atoms with E-state index >= 15 is 0 Å². The van der Waals surface area contributed by atoms with Gasteiger partial charge in [-0.25, -0.2) is 9.50 Å². The van der Waals surface area contributed by atoms with Crippen LogP contribution in [-0.4, -0.2) is 33.7 Å². The van der Waals surface area contributed by atoms with E-state index in [0.717, 1.165) is 48.7 Å². The molecule has 1 aromatic carbocycles. The van der Waals surface area contributed by atoms with Gasteiger partial charge in [0.1, 0.15) is 5.82 Å². The van der Waals surface area contributed by atoms with E-state index in [1.807, 2.05) is 47.1 Å². The van der Waals surface area contributed by atoms with E-state index in [1.165, 1.54) is 0 Å². The maximum absolute atomic E-state index is 6.11. The monoisotopic (exact) mass is 327 g/mol. The molecule has 118 valence electrons. The first-order valence-electron chi connectivity index (χ1n) is 7.82. The molecule has 0 radical (unpaired) electrons. The summed E-state index contributed by atoms with van der Waals surface area (Å²) in [5.74, 6) is 0.939. The molecule has 1 fully saturated rings. The maximum Gasteiger partial charge on any atom is 0.154 e. The Hall–Kier alpha value is -2.11. The summed E-state index contributed by atoms with van der Waals surface area (Å²) in [5.41, 5.74) is 8.85. The van der Waals surface area contributed by atoms with Crippen LogP contribution in [0.5, 0.6) is 0 Å². The third-order valence-corrected chi connectivity index (χ3v) is 4.49. The van der Waals surface area contributed by atoms with Gasteiger partial charge < -0.3 is 10.6 Å². The highest BCUT2D eigenvalue weighted by Crippen LogP contribution is 2.25. The summed E-state index contributed by atoms with van der Waals surface area (Å²) in [6, 6.07) is 12.0. The minimum Gasteiger partial charge on any atom is -0.354 e. The highest BCUT2D eigenvalue weighted by molar-refractivity contribution is 6.30. The first-order chi connectivity index (χ1) is 11.2. The van der Waals surface area contributed by atoms with Gasteiger partial charge in [0, 0.05) is 29.7 Å². The number of nitrogens with two attached hydrogens (primary N) is 1. The van der Waals surface area contributed by atoms with E-state index in [4.69, 9.17) is 22.4 Å². The van der Waals surface area contributed by atoms with Crippen LogP contribution in [0.4, 0.5) is 5.82 Å². The van der Waals surface area contributed by atoms with Crippen LogP contribution in [0, 0.1) is 0 Å². The SMILES string of the molecule is NC1CCCN(c2ccc3ncc(-c4cccc(Cl)c4)n3n2)C1. The molecule has 1 saturated heterocycles. The average molecular weight is 328 g/mol. The molecule has 23 heavy (non-hydrogen) atoms. The van der Waals surface area contributed by atoms with Gasteiger partial charge in [-0.05, 0) is 37.1 Å². The Labute approximate surface area is 139 Å². The molecule has 5 nitrogen and oxygen atoms in total. The molecule has 0 spiro atoms. The second-order valence-electron chi connectivity index (χ2n) is 5.96. The largest absolute Gasteiger partial charge is 0.354 e. The Morgan fingerprint density at radius 1 is 1.22 bits per heavy atom. The standard InChI is InChI=1S/C17H18ClN5/c18-13-4-1-3-12(9-13)15-10-20-16-6-7-17(21-23(15)16)22-8-2-5-14(19)11-22/h1,3-4,6-7,9-10,14H,2,5,8,11,19H2. The van der Waals surface area contributed by atoms with Crippen LogP contribution in [0.15, 0.2) is 42.6 Å². The van der Waals surface area contributed by atoms with Crippen molar-refractivity contribution in [2.24, 2.45) is 5.73 Å². The Bertz CT molecular complexity index is 844. The molecule has 0 saturated carbocycles. The Morgan fingerprint density at radius 2 is 2.13 bits per heavy atom. The number of anilines is 1. The van der Waals surface area contributed by atoms with Crippen LogP contribution in [0.2, 0.25) is 5.02 Å². The Balaban J connectivity index is 1.77. The van der Waals surface area contributed by atoms with Crippen molar-refractivity contribution in [1.29, 1.82) is 0 Å². The van der Waals surface area contributed by atoms with Gasteiger partial charge in [0.05, 0.1) is 11.9 Å². The fourth-order valence-corrected chi connectivity index (χ4v) is 3.29. The molecule has 2 N–H and O–H groups in total. The van der Waals surface area contributed by atoms with Gasteiger partial charge in [-0.1, -0.05) is 23.7 Å². The lowest BCUT2D eigenvalue weighted by Gasteiger charge is -2.31. The van der Waals surface area contributed by atoms with E-state index in [9.17, 15) is 0 Å². The van der Waals surface area contributed by atoms with Gasteiger partial charge in [-0.3, -0.25) is 0 Å². The molecule has 0 amide bonds. The van der Waals surface area contributed by atoms with Crippen LogP contribution in [0.1, 0.15) is 12.8 Å². The van der Waals surface area contributed by atoms with E-state index < -0.39 is 0 Å². The molecule has 0 aliphatic carbocycles. The molecule has 1 aliphatic rings. The molecule has 4 rings (SSSR count). The van der Waals surface area contributed by atoms with Crippen molar-refractivity contribution < 1.29 is 0 Å². The highest BCUT2D eigenvalue weighted by atomic mass is 35.5. The summed E-state index contributed by atoms with van der Waals surface area (Å²) in [6.45, 7) is 1.84. The number of benzene rings is 1. The summed E-state index contributed by atoms with van der Waals surface area (Å²) < 4.78 is 1.88. The lowest BCUT2D eigenvalue weighted by Crippen LogP contribution is -2.43. The van der Waals surface area contributed by atoms with Crippen LogP contribution in [0.3, 0.4) is 0 Å². The molecule has 3 aromatic rings. The first-order valence-corrected chi connectivity index (χ1v) is 8.20. The molecule has 6 heteroatoms. The zero-order chi connectivity index (χ0) is 15.8. The predicted molar refractivity (Wildman–Crippen MR) is 92.9 cm³/mol. The van der Waals surface area contributed by atoms with Crippen LogP contribution < -0.4 is 10.6 Å². The van der Waals surface area contributed by atoms with Crippen molar-refractivity contribution in [3.05, 3.63) is 47.6 Å². The van der Waals surface area contributed by atoms with Crippen LogP contribution in [-0.2, 0) is 0 Å². The molecule has 1 aliphatic heterocycles. The third-order valence-electron chi connectivity index (χ3n) is 4.25. The van der Waals surface area contributed by atoms with E-state index in [0.29, 0.717) is 5.02 Å². The summed E-state index contributed by atoms with van der Waals surface area (Å²) in [4.78, 5) is 6.69. The smallest absolute Gasteiger partial charge is 0.154 e. The van der Waals surface area contributed by atoms with Crippen molar-refractivity contribution in [2.75, 3.05) is 18.0 Å². The molecule has 0 bridgehead atoms. The van der Waals surface area contributed by atoms with Gasteiger partial charge >= 0.3 is 0 Å². The van der Waals surface area contributed by atoms with Gasteiger partial charge in [-0.2, -0.15) is 0 Å². The molecular formula is C17H18ClN5. The summed E-state index contributed by atoms with van der Waals surface area (Å²) in [6.07, 6.45) is 4.02. The lowest BCUT2D eigenvalue weighted by molar-refractivity contribution is 0.501. The summed E-state index contributed by atoms with van der Waals surface area (Å²) >= 11 is 6.11. The van der Waals surface area contributed by atoms with Crippen molar-refractivity contribution >= 4 is 23.1 Å². The predicted octanol–water partition coefficient (Wildman–Crippen LogP) is 2.98. The number of nitrogens with zero attached hydrogens (tertiary/aromatic N) is 4. The number of fused-ring (bicyclic) bond motifs is 1. The number of imidazole rings is 1. The molecule has 1 unspecified atom stereocenters. The van der Waals surface area contributed by atoms with Crippen LogP contribution >= 0.6 is 11.6 Å². The van der Waals surface area contributed by atoms with Crippen LogP contribution in [0.25, 0.3) is 16.9 Å². The number of hydrogen-bond acceptors (Lipinski definition) is 4. The fourth-order valence-electron chi connectivity index (χ4n) is 3.10. The second-order valence-corrected chi connectivity index (χ2v) is 6.40. The van der Waals surface area contributed by atoms with E-state index in [2.05, 4.69) is 9.88 Å². The second kappa shape index (κ2) is 5.83. The average Bonchev–Trinajstić information content (AvgIpc) is 2.98. The summed E-state index contributed by atoms with van der Waals surface area (Å²) in [5, 5.41) is 5.49. The molecule has 3 heterocycles. The van der Waals surface area contributed by atoms with E-state index in [-0.39, 0.29) is 6.04 Å². The topological polar surface area (TPSA) is 59.5 Å². The maximum atomic E-state index is 6.11. The third kappa shape index (κ3) is 2.78. The number of rotatable bonds is 2. The quantitative estimate of drug-likeness (QED) is 0.786. The molecule has 1 atom stereocenters.